The van der Waals surface area contributed by atoms with Gasteiger partial charge in [0.2, 0.25) is 0 Å². The largest absolute Gasteiger partial charge is 0.435 e. The average molecular weight is 530 g/mol. The number of hydrogen-bond donors (Lipinski definition) is 1. The molecule has 0 radical (unpaired) electrons. The third kappa shape index (κ3) is 5.81. The van der Waals surface area contributed by atoms with E-state index in [2.05, 4.69) is 10.3 Å². The molecular weight excluding hydrogens is 508 g/mol. The van der Waals surface area contributed by atoms with Crippen LogP contribution in [0.5, 0.6) is 0 Å². The molecule has 2 heterocycles. The Morgan fingerprint density at radius 2 is 1.72 bits per heavy atom. The quantitative estimate of drug-likeness (QED) is 0.402. The smallest absolute Gasteiger partial charge is 0.378 e. The third-order valence-electron chi connectivity index (χ3n) is 5.63. The van der Waals surface area contributed by atoms with Crippen molar-refractivity contribution in [3.8, 4) is 10.6 Å². The molecule has 1 unspecified atom stereocenters. The van der Waals surface area contributed by atoms with Crippen LogP contribution in [0.2, 0.25) is 0 Å². The second kappa shape index (κ2) is 10.1. The van der Waals surface area contributed by atoms with Crippen LogP contribution >= 0.6 is 11.3 Å². The fraction of sp³-hybridized carbons (Fsp3) is 0.333. The normalized spacial score (nSPS) is 15.6. The summed E-state index contributed by atoms with van der Waals surface area (Å²) < 4.78 is 85.7. The Balaban J connectivity index is 1.62. The molecule has 1 amide bonds. The summed E-state index contributed by atoms with van der Waals surface area (Å²) in [4.78, 5) is 18.0. The number of amides is 1. The molecule has 1 aliphatic rings. The SMILES string of the molecule is CC(NC(=O)c1sc(-c2cccc(N3CCOCC3)c2)nc1C(F)(F)F)c1cccc(C(F)(F)F)c1. The van der Waals surface area contributed by atoms with Gasteiger partial charge >= 0.3 is 12.4 Å². The molecule has 1 atom stereocenters. The maximum atomic E-state index is 13.8. The second-order valence-electron chi connectivity index (χ2n) is 8.16. The summed E-state index contributed by atoms with van der Waals surface area (Å²) in [7, 11) is 0. The average Bonchev–Trinajstić information content (AvgIpc) is 3.31. The van der Waals surface area contributed by atoms with Crippen molar-refractivity contribution in [1.82, 2.24) is 10.3 Å². The van der Waals surface area contributed by atoms with Crippen molar-refractivity contribution in [2.45, 2.75) is 25.3 Å². The lowest BCUT2D eigenvalue weighted by Gasteiger charge is -2.29. The van der Waals surface area contributed by atoms with Crippen molar-refractivity contribution in [3.63, 3.8) is 0 Å². The van der Waals surface area contributed by atoms with Crippen LogP contribution in [0.1, 0.15) is 39.5 Å². The number of carbonyl (C=O) groups excluding carboxylic acids is 1. The molecule has 1 aromatic heterocycles. The minimum atomic E-state index is -4.90. The van der Waals surface area contributed by atoms with Gasteiger partial charge in [-0.25, -0.2) is 4.98 Å². The Morgan fingerprint density at radius 3 is 2.39 bits per heavy atom. The van der Waals surface area contributed by atoms with Crippen molar-refractivity contribution < 1.29 is 35.9 Å². The van der Waals surface area contributed by atoms with Crippen molar-refractivity contribution in [2.75, 3.05) is 31.2 Å². The number of rotatable bonds is 5. The Bertz CT molecular complexity index is 1240. The number of morpholine rings is 1. The fourth-order valence-electron chi connectivity index (χ4n) is 3.78. The number of alkyl halides is 6. The number of nitrogens with one attached hydrogen (secondary N) is 1. The van der Waals surface area contributed by atoms with E-state index in [0.29, 0.717) is 43.2 Å². The van der Waals surface area contributed by atoms with E-state index in [1.165, 1.54) is 19.1 Å². The Labute approximate surface area is 206 Å². The number of aromatic nitrogens is 1. The van der Waals surface area contributed by atoms with Crippen molar-refractivity contribution in [3.05, 3.63) is 70.2 Å². The standard InChI is InChI=1S/C24H21F6N3O2S/c1-14(15-4-2-6-17(12-15)23(25,26)27)31-21(34)19-20(24(28,29)30)32-22(36-19)16-5-3-7-18(13-16)33-8-10-35-11-9-33/h2-7,12-14H,8-11H2,1H3,(H,31,34). The summed E-state index contributed by atoms with van der Waals surface area (Å²) in [6.07, 6.45) is -9.49. The van der Waals surface area contributed by atoms with Crippen LogP contribution in [-0.4, -0.2) is 37.2 Å². The number of nitrogens with zero attached hydrogens (tertiary/aromatic N) is 2. The van der Waals surface area contributed by atoms with Gasteiger partial charge in [0, 0.05) is 24.3 Å². The molecule has 0 bridgehead atoms. The van der Waals surface area contributed by atoms with E-state index in [0.717, 1.165) is 17.8 Å². The van der Waals surface area contributed by atoms with Gasteiger partial charge < -0.3 is 15.0 Å². The summed E-state index contributed by atoms with van der Waals surface area (Å²) in [5, 5.41) is 2.38. The van der Waals surface area contributed by atoms with E-state index in [4.69, 9.17) is 4.74 Å². The lowest BCUT2D eigenvalue weighted by Crippen LogP contribution is -2.36. The molecule has 1 fully saturated rings. The van der Waals surface area contributed by atoms with E-state index in [1.807, 2.05) is 11.0 Å². The number of halogens is 6. The molecule has 1 saturated heterocycles. The van der Waals surface area contributed by atoms with Crippen LogP contribution in [-0.2, 0) is 17.1 Å². The predicted molar refractivity (Wildman–Crippen MR) is 123 cm³/mol. The summed E-state index contributed by atoms with van der Waals surface area (Å²) in [5.74, 6) is -1.07. The molecule has 0 spiro atoms. The van der Waals surface area contributed by atoms with Crippen molar-refractivity contribution in [1.29, 1.82) is 0 Å². The molecule has 4 rings (SSSR count). The van der Waals surface area contributed by atoms with Gasteiger partial charge in [-0.3, -0.25) is 4.79 Å². The molecule has 5 nitrogen and oxygen atoms in total. The lowest BCUT2D eigenvalue weighted by atomic mass is 10.0. The first-order chi connectivity index (χ1) is 16.9. The van der Waals surface area contributed by atoms with E-state index < -0.39 is 40.4 Å². The Hall–Kier alpha value is -3.12. The number of ether oxygens (including phenoxy) is 1. The number of anilines is 1. The highest BCUT2D eigenvalue weighted by Gasteiger charge is 2.40. The highest BCUT2D eigenvalue weighted by atomic mass is 32.1. The van der Waals surface area contributed by atoms with Crippen LogP contribution in [0.3, 0.4) is 0 Å². The van der Waals surface area contributed by atoms with E-state index >= 15 is 0 Å². The van der Waals surface area contributed by atoms with Gasteiger partial charge in [0.15, 0.2) is 5.69 Å². The van der Waals surface area contributed by atoms with Gasteiger partial charge in [0.25, 0.3) is 5.91 Å². The summed E-state index contributed by atoms with van der Waals surface area (Å²) >= 11 is 0.581. The molecule has 192 valence electrons. The number of hydrogen-bond acceptors (Lipinski definition) is 5. The van der Waals surface area contributed by atoms with Crippen LogP contribution in [0, 0.1) is 0 Å². The predicted octanol–water partition coefficient (Wildman–Crippen LogP) is 6.18. The molecule has 0 aliphatic carbocycles. The van der Waals surface area contributed by atoms with Crippen LogP contribution < -0.4 is 10.2 Å². The molecule has 3 aromatic rings. The van der Waals surface area contributed by atoms with Crippen LogP contribution in [0.25, 0.3) is 10.6 Å². The molecule has 36 heavy (non-hydrogen) atoms. The van der Waals surface area contributed by atoms with Gasteiger partial charge in [-0.2, -0.15) is 26.3 Å². The summed E-state index contributed by atoms with van der Waals surface area (Å²) in [6, 6.07) is 10.1. The Morgan fingerprint density at radius 1 is 1.03 bits per heavy atom. The Kier molecular flexibility index (Phi) is 7.28. The zero-order chi connectivity index (χ0) is 26.1. The fourth-order valence-corrected chi connectivity index (χ4v) is 4.76. The van der Waals surface area contributed by atoms with E-state index in [1.54, 1.807) is 18.2 Å². The van der Waals surface area contributed by atoms with E-state index in [9.17, 15) is 31.1 Å². The second-order valence-corrected chi connectivity index (χ2v) is 9.16. The zero-order valence-corrected chi connectivity index (χ0v) is 19.7. The zero-order valence-electron chi connectivity index (χ0n) is 18.9. The van der Waals surface area contributed by atoms with Gasteiger partial charge in [-0.15, -0.1) is 11.3 Å². The van der Waals surface area contributed by atoms with Gasteiger partial charge in [0.1, 0.15) is 9.88 Å². The van der Waals surface area contributed by atoms with Crippen molar-refractivity contribution >= 4 is 22.9 Å². The summed E-state index contributed by atoms with van der Waals surface area (Å²) in [6.45, 7) is 3.74. The monoisotopic (exact) mass is 529 g/mol. The molecular formula is C24H21F6N3O2S. The highest BCUT2D eigenvalue weighted by Crippen LogP contribution is 2.39. The lowest BCUT2D eigenvalue weighted by molar-refractivity contribution is -0.141. The van der Waals surface area contributed by atoms with Gasteiger partial charge in [-0.05, 0) is 36.8 Å². The van der Waals surface area contributed by atoms with Crippen molar-refractivity contribution in [2.24, 2.45) is 0 Å². The highest BCUT2D eigenvalue weighted by molar-refractivity contribution is 7.17. The topological polar surface area (TPSA) is 54.5 Å². The van der Waals surface area contributed by atoms with Crippen LogP contribution in [0.4, 0.5) is 32.0 Å². The van der Waals surface area contributed by atoms with Gasteiger partial charge in [0.05, 0.1) is 24.8 Å². The molecule has 0 saturated carbocycles. The first-order valence-electron chi connectivity index (χ1n) is 10.9. The molecule has 2 aromatic carbocycles. The maximum absolute atomic E-state index is 13.8. The van der Waals surface area contributed by atoms with E-state index in [-0.39, 0.29) is 10.6 Å². The number of thiazole rings is 1. The molecule has 1 aliphatic heterocycles. The first-order valence-corrected chi connectivity index (χ1v) is 11.7. The van der Waals surface area contributed by atoms with Crippen LogP contribution in [0.15, 0.2) is 48.5 Å². The molecule has 12 heteroatoms. The number of carbonyl (C=O) groups is 1. The minimum Gasteiger partial charge on any atom is -0.378 e. The maximum Gasteiger partial charge on any atom is 0.435 e. The molecule has 1 N–H and O–H groups in total. The third-order valence-corrected chi connectivity index (χ3v) is 6.74. The number of benzene rings is 2. The summed E-state index contributed by atoms with van der Waals surface area (Å²) in [5.41, 5.74) is -0.941. The van der Waals surface area contributed by atoms with Gasteiger partial charge in [-0.1, -0.05) is 24.3 Å². The first kappa shape index (κ1) is 26.0. The minimum absolute atomic E-state index is 0.00862.